The van der Waals surface area contributed by atoms with Crippen LogP contribution in [0.2, 0.25) is 0 Å². The number of benzene rings is 1. The molecule has 1 aromatic carbocycles. The number of carbonyl (C=O) groups is 1. The topological polar surface area (TPSA) is 62.5 Å². The number of anilines is 2. The van der Waals surface area contributed by atoms with E-state index in [0.717, 1.165) is 43.9 Å². The molecule has 28 heavy (non-hydrogen) atoms. The molecular weight excluding hydrogens is 352 g/mol. The molecule has 4 heterocycles. The molecule has 1 saturated heterocycles. The van der Waals surface area contributed by atoms with E-state index in [9.17, 15) is 4.79 Å². The second-order valence-corrected chi connectivity index (χ2v) is 7.61. The Kier molecular flexibility index (Phi) is 4.20. The highest BCUT2D eigenvalue weighted by Gasteiger charge is 2.45. The van der Waals surface area contributed by atoms with Gasteiger partial charge in [0.25, 0.3) is 0 Å². The first-order valence-corrected chi connectivity index (χ1v) is 9.69. The summed E-state index contributed by atoms with van der Waals surface area (Å²) in [5.41, 5.74) is 2.04. The van der Waals surface area contributed by atoms with Crippen molar-refractivity contribution in [2.24, 2.45) is 0 Å². The third kappa shape index (κ3) is 2.90. The van der Waals surface area contributed by atoms with Crippen LogP contribution in [0.3, 0.4) is 0 Å². The van der Waals surface area contributed by atoms with Crippen molar-refractivity contribution in [3.8, 4) is 0 Å². The molecule has 0 saturated carbocycles. The number of aromatic nitrogens is 2. The fourth-order valence-corrected chi connectivity index (χ4v) is 4.55. The van der Waals surface area contributed by atoms with Crippen molar-refractivity contribution in [2.75, 3.05) is 18.0 Å². The molecule has 0 unspecified atom stereocenters. The van der Waals surface area contributed by atoms with Crippen LogP contribution >= 0.6 is 0 Å². The van der Waals surface area contributed by atoms with E-state index in [4.69, 9.17) is 4.42 Å². The van der Waals surface area contributed by atoms with Crippen molar-refractivity contribution >= 4 is 17.5 Å². The van der Waals surface area contributed by atoms with Gasteiger partial charge in [0.15, 0.2) is 0 Å². The molecule has 1 amide bonds. The zero-order valence-corrected chi connectivity index (χ0v) is 15.6. The van der Waals surface area contributed by atoms with E-state index in [-0.39, 0.29) is 11.3 Å². The van der Waals surface area contributed by atoms with Crippen molar-refractivity contribution in [1.82, 2.24) is 14.9 Å². The van der Waals surface area contributed by atoms with Crippen LogP contribution in [-0.2, 0) is 16.8 Å². The fraction of sp³-hybridized carbons (Fsp3) is 0.318. The van der Waals surface area contributed by atoms with Gasteiger partial charge in [0, 0.05) is 24.2 Å². The van der Waals surface area contributed by atoms with Gasteiger partial charge < -0.3 is 4.42 Å². The van der Waals surface area contributed by atoms with E-state index >= 15 is 0 Å². The van der Waals surface area contributed by atoms with E-state index in [0.29, 0.717) is 12.4 Å². The fourth-order valence-electron chi connectivity index (χ4n) is 4.55. The number of amides is 1. The SMILES string of the molecule is O=C1CC2(CCN(Cc3ccco3)CC2)c2ccccc2N1c1ncccn1. The van der Waals surface area contributed by atoms with E-state index < -0.39 is 0 Å². The number of carbonyl (C=O) groups excluding carboxylic acids is 1. The average molecular weight is 374 g/mol. The number of hydrogen-bond donors (Lipinski definition) is 0. The summed E-state index contributed by atoms with van der Waals surface area (Å²) in [4.78, 5) is 25.9. The summed E-state index contributed by atoms with van der Waals surface area (Å²) in [6.07, 6.45) is 7.49. The third-order valence-corrected chi connectivity index (χ3v) is 5.98. The van der Waals surface area contributed by atoms with Crippen LogP contribution in [-0.4, -0.2) is 33.9 Å². The molecule has 1 spiro atoms. The molecule has 0 atom stereocenters. The first kappa shape index (κ1) is 17.1. The number of furan rings is 1. The molecule has 6 nitrogen and oxygen atoms in total. The van der Waals surface area contributed by atoms with Gasteiger partial charge in [-0.15, -0.1) is 0 Å². The highest BCUT2D eigenvalue weighted by Crippen LogP contribution is 2.48. The second-order valence-electron chi connectivity index (χ2n) is 7.61. The molecule has 2 aliphatic rings. The van der Waals surface area contributed by atoms with E-state index in [1.165, 1.54) is 5.56 Å². The maximum absolute atomic E-state index is 13.2. The van der Waals surface area contributed by atoms with Crippen molar-refractivity contribution < 1.29 is 9.21 Å². The van der Waals surface area contributed by atoms with Gasteiger partial charge in [-0.1, -0.05) is 18.2 Å². The van der Waals surface area contributed by atoms with Crippen molar-refractivity contribution in [1.29, 1.82) is 0 Å². The zero-order valence-electron chi connectivity index (χ0n) is 15.6. The van der Waals surface area contributed by atoms with E-state index in [1.807, 2.05) is 24.3 Å². The molecule has 2 aliphatic heterocycles. The average Bonchev–Trinajstić information content (AvgIpc) is 3.24. The Morgan fingerprint density at radius 3 is 2.54 bits per heavy atom. The Morgan fingerprint density at radius 2 is 1.79 bits per heavy atom. The first-order chi connectivity index (χ1) is 13.8. The summed E-state index contributed by atoms with van der Waals surface area (Å²) in [5.74, 6) is 1.51. The minimum Gasteiger partial charge on any atom is -0.468 e. The Bertz CT molecular complexity index is 963. The van der Waals surface area contributed by atoms with Crippen LogP contribution in [0.15, 0.2) is 65.5 Å². The maximum Gasteiger partial charge on any atom is 0.236 e. The molecule has 142 valence electrons. The van der Waals surface area contributed by atoms with Gasteiger partial charge in [-0.3, -0.25) is 9.69 Å². The number of nitrogens with zero attached hydrogens (tertiary/aromatic N) is 4. The number of rotatable bonds is 3. The predicted octanol–water partition coefficient (Wildman–Crippen LogP) is 3.67. The second kappa shape index (κ2) is 6.87. The minimum atomic E-state index is -0.112. The third-order valence-electron chi connectivity index (χ3n) is 5.98. The summed E-state index contributed by atoms with van der Waals surface area (Å²) >= 11 is 0. The zero-order chi connectivity index (χ0) is 19.0. The summed E-state index contributed by atoms with van der Waals surface area (Å²) in [6.45, 7) is 2.72. The molecular formula is C22H22N4O2. The summed E-state index contributed by atoms with van der Waals surface area (Å²) in [7, 11) is 0. The first-order valence-electron chi connectivity index (χ1n) is 9.69. The van der Waals surface area contributed by atoms with Gasteiger partial charge in [-0.05, 0) is 55.8 Å². The maximum atomic E-state index is 13.2. The minimum absolute atomic E-state index is 0.0735. The molecule has 6 heteroatoms. The number of hydrogen-bond acceptors (Lipinski definition) is 5. The van der Waals surface area contributed by atoms with Crippen LogP contribution in [0.1, 0.15) is 30.6 Å². The van der Waals surface area contributed by atoms with Crippen LogP contribution in [0.4, 0.5) is 11.6 Å². The van der Waals surface area contributed by atoms with Gasteiger partial charge in [0.05, 0.1) is 18.5 Å². The van der Waals surface area contributed by atoms with Crippen LogP contribution in [0.25, 0.3) is 0 Å². The number of fused-ring (bicyclic) bond motifs is 2. The number of piperidine rings is 1. The summed E-state index contributed by atoms with van der Waals surface area (Å²) in [6, 6.07) is 13.9. The highest BCUT2D eigenvalue weighted by molar-refractivity contribution is 6.02. The Labute approximate surface area is 163 Å². The lowest BCUT2D eigenvalue weighted by molar-refractivity contribution is -0.120. The van der Waals surface area contributed by atoms with Crippen LogP contribution < -0.4 is 4.90 Å². The van der Waals surface area contributed by atoms with E-state index in [2.05, 4.69) is 27.0 Å². The number of likely N-dealkylation sites (tertiary alicyclic amines) is 1. The van der Waals surface area contributed by atoms with Gasteiger partial charge in [-0.25, -0.2) is 14.9 Å². The Balaban J connectivity index is 1.44. The Morgan fingerprint density at radius 1 is 1.00 bits per heavy atom. The molecule has 0 aliphatic carbocycles. The van der Waals surface area contributed by atoms with Crippen molar-refractivity contribution in [2.45, 2.75) is 31.2 Å². The lowest BCUT2D eigenvalue weighted by atomic mass is 9.67. The van der Waals surface area contributed by atoms with Gasteiger partial charge in [0.1, 0.15) is 5.76 Å². The van der Waals surface area contributed by atoms with Gasteiger partial charge in [-0.2, -0.15) is 0 Å². The van der Waals surface area contributed by atoms with Crippen LogP contribution in [0, 0.1) is 0 Å². The molecule has 0 N–H and O–H groups in total. The highest BCUT2D eigenvalue weighted by atomic mass is 16.3. The standard InChI is InChI=1S/C22H22N4O2/c27-20-15-22(8-12-25(13-9-22)16-17-5-3-14-28-17)18-6-1-2-7-19(18)26(20)21-23-10-4-11-24-21/h1-7,10-11,14H,8-9,12-13,15-16H2. The lowest BCUT2D eigenvalue weighted by Gasteiger charge is -2.46. The molecule has 0 bridgehead atoms. The van der Waals surface area contributed by atoms with Crippen molar-refractivity contribution in [3.05, 3.63) is 72.4 Å². The molecule has 0 radical (unpaired) electrons. The normalized spacial score (nSPS) is 19.0. The number of para-hydroxylation sites is 1. The van der Waals surface area contributed by atoms with E-state index in [1.54, 1.807) is 29.6 Å². The molecule has 3 aromatic rings. The quantitative estimate of drug-likeness (QED) is 0.700. The smallest absolute Gasteiger partial charge is 0.236 e. The van der Waals surface area contributed by atoms with Gasteiger partial charge in [0.2, 0.25) is 11.9 Å². The summed E-state index contributed by atoms with van der Waals surface area (Å²) in [5, 5.41) is 0. The predicted molar refractivity (Wildman–Crippen MR) is 105 cm³/mol. The molecule has 2 aromatic heterocycles. The lowest BCUT2D eigenvalue weighted by Crippen LogP contribution is -2.49. The Hall–Kier alpha value is -2.99. The van der Waals surface area contributed by atoms with Crippen molar-refractivity contribution in [3.63, 3.8) is 0 Å². The monoisotopic (exact) mass is 374 g/mol. The molecule has 5 rings (SSSR count). The van der Waals surface area contributed by atoms with Gasteiger partial charge >= 0.3 is 0 Å². The van der Waals surface area contributed by atoms with Crippen LogP contribution in [0.5, 0.6) is 0 Å². The largest absolute Gasteiger partial charge is 0.468 e. The summed E-state index contributed by atoms with van der Waals surface area (Å²) < 4.78 is 5.49. The molecule has 1 fully saturated rings.